The van der Waals surface area contributed by atoms with Crippen molar-refractivity contribution in [2.24, 2.45) is 4.99 Å². The molecule has 4 heteroatoms. The van der Waals surface area contributed by atoms with E-state index < -0.39 is 0 Å². The van der Waals surface area contributed by atoms with Gasteiger partial charge in [-0.15, -0.1) is 0 Å². The van der Waals surface area contributed by atoms with Crippen LogP contribution < -0.4 is 4.74 Å². The molecule has 1 atom stereocenters. The van der Waals surface area contributed by atoms with Crippen molar-refractivity contribution in [3.05, 3.63) is 64.7 Å². The number of pyridine rings is 1. The Balaban J connectivity index is 1.58. The zero-order valence-corrected chi connectivity index (χ0v) is 13.9. The second-order valence-electron chi connectivity index (χ2n) is 6.15. The molecule has 3 aliphatic rings. The van der Waals surface area contributed by atoms with Crippen molar-refractivity contribution >= 4 is 22.9 Å². The molecule has 2 aromatic rings. The van der Waals surface area contributed by atoms with E-state index in [1.807, 2.05) is 17.8 Å². The van der Waals surface area contributed by atoms with Crippen LogP contribution in [-0.4, -0.2) is 23.2 Å². The monoisotopic (exact) mass is 332 g/mol. The van der Waals surface area contributed by atoms with Crippen molar-refractivity contribution in [1.82, 2.24) is 4.98 Å². The molecule has 1 aromatic heterocycles. The number of hydrogen-bond donors (Lipinski definition) is 0. The van der Waals surface area contributed by atoms with Crippen LogP contribution in [0.3, 0.4) is 0 Å². The smallest absolute Gasteiger partial charge is 0.122 e. The Labute approximate surface area is 145 Å². The third-order valence-corrected chi connectivity index (χ3v) is 5.59. The average molecular weight is 332 g/mol. The lowest BCUT2D eigenvalue weighted by Crippen LogP contribution is -2.05. The molecule has 3 nitrogen and oxygen atoms in total. The number of nitrogens with zero attached hydrogens (tertiary/aromatic N) is 2. The van der Waals surface area contributed by atoms with Gasteiger partial charge in [0.25, 0.3) is 0 Å². The molecule has 0 amide bonds. The lowest BCUT2D eigenvalue weighted by molar-refractivity contribution is 0.357. The van der Waals surface area contributed by atoms with Gasteiger partial charge in [-0.05, 0) is 47.9 Å². The van der Waals surface area contributed by atoms with Crippen molar-refractivity contribution in [2.75, 3.05) is 6.61 Å². The molecule has 5 rings (SSSR count). The van der Waals surface area contributed by atoms with E-state index in [1.165, 1.54) is 21.6 Å². The number of allylic oxidation sites excluding steroid dienone is 2. The molecule has 1 unspecified atom stereocenters. The van der Waals surface area contributed by atoms with Gasteiger partial charge in [0.05, 0.1) is 23.9 Å². The molecule has 0 fully saturated rings. The minimum absolute atomic E-state index is 0.330. The molecule has 118 valence electrons. The molecule has 0 radical (unpaired) electrons. The first kappa shape index (κ1) is 14.1. The molecule has 1 aliphatic carbocycles. The molecule has 24 heavy (non-hydrogen) atoms. The lowest BCUT2D eigenvalue weighted by Gasteiger charge is -2.17. The van der Waals surface area contributed by atoms with Crippen molar-refractivity contribution in [3.63, 3.8) is 0 Å². The summed E-state index contributed by atoms with van der Waals surface area (Å²) in [4.78, 5) is 10.5. The Morgan fingerprint density at radius 2 is 2.21 bits per heavy atom. The van der Waals surface area contributed by atoms with E-state index in [2.05, 4.69) is 46.4 Å². The highest BCUT2D eigenvalue weighted by atomic mass is 32.2. The van der Waals surface area contributed by atoms with Crippen molar-refractivity contribution < 1.29 is 4.74 Å². The summed E-state index contributed by atoms with van der Waals surface area (Å²) in [5.74, 6) is 1.01. The van der Waals surface area contributed by atoms with Crippen LogP contribution >= 0.6 is 11.8 Å². The van der Waals surface area contributed by atoms with Gasteiger partial charge in [-0.2, -0.15) is 0 Å². The SMILES string of the molecule is C1=NC2CC=C(c3cccnc3-c3ccc4c(c3)CCO4)C=C2S1. The highest BCUT2D eigenvalue weighted by Gasteiger charge is 2.23. The Kier molecular flexibility index (Phi) is 3.30. The molecule has 0 saturated heterocycles. The van der Waals surface area contributed by atoms with Crippen molar-refractivity contribution in [2.45, 2.75) is 18.9 Å². The summed E-state index contributed by atoms with van der Waals surface area (Å²) < 4.78 is 5.63. The van der Waals surface area contributed by atoms with Gasteiger partial charge in [-0.1, -0.05) is 23.9 Å². The van der Waals surface area contributed by atoms with E-state index in [0.29, 0.717) is 6.04 Å². The van der Waals surface area contributed by atoms with E-state index in [0.717, 1.165) is 36.5 Å². The summed E-state index contributed by atoms with van der Waals surface area (Å²) in [6, 6.07) is 10.9. The molecule has 1 aromatic carbocycles. The Morgan fingerprint density at radius 3 is 3.21 bits per heavy atom. The van der Waals surface area contributed by atoms with E-state index in [9.17, 15) is 0 Å². The van der Waals surface area contributed by atoms with Crippen molar-refractivity contribution in [3.8, 4) is 17.0 Å². The summed E-state index contributed by atoms with van der Waals surface area (Å²) in [6.07, 6.45) is 8.37. The first-order chi connectivity index (χ1) is 11.9. The third-order valence-electron chi connectivity index (χ3n) is 4.70. The second kappa shape index (κ2) is 5.64. The number of hydrogen-bond acceptors (Lipinski definition) is 4. The largest absolute Gasteiger partial charge is 0.493 e. The number of rotatable bonds is 2. The van der Waals surface area contributed by atoms with Crippen LogP contribution in [0.25, 0.3) is 16.8 Å². The lowest BCUT2D eigenvalue weighted by atomic mass is 9.93. The van der Waals surface area contributed by atoms with Crippen LogP contribution in [0, 0.1) is 0 Å². The predicted octanol–water partition coefficient (Wildman–Crippen LogP) is 4.50. The van der Waals surface area contributed by atoms with Crippen LogP contribution in [0.5, 0.6) is 5.75 Å². The summed E-state index contributed by atoms with van der Waals surface area (Å²) in [5.41, 5.74) is 7.87. The van der Waals surface area contributed by atoms with Gasteiger partial charge in [0.15, 0.2) is 0 Å². The van der Waals surface area contributed by atoms with Crippen LogP contribution in [0.2, 0.25) is 0 Å². The van der Waals surface area contributed by atoms with E-state index >= 15 is 0 Å². The number of aliphatic imine (C=N–C) groups is 1. The highest BCUT2D eigenvalue weighted by molar-refractivity contribution is 8.15. The zero-order valence-electron chi connectivity index (χ0n) is 13.1. The number of fused-ring (bicyclic) bond motifs is 2. The molecule has 2 aliphatic heterocycles. The summed E-state index contributed by atoms with van der Waals surface area (Å²) in [7, 11) is 0. The Hall–Kier alpha value is -2.33. The molecule has 0 N–H and O–H groups in total. The van der Waals surface area contributed by atoms with Gasteiger partial charge >= 0.3 is 0 Å². The van der Waals surface area contributed by atoms with Gasteiger partial charge < -0.3 is 4.74 Å². The normalized spacial score (nSPS) is 20.9. The third kappa shape index (κ3) is 2.29. The zero-order chi connectivity index (χ0) is 15.9. The highest BCUT2D eigenvalue weighted by Crippen LogP contribution is 2.39. The summed E-state index contributed by atoms with van der Waals surface area (Å²) in [6.45, 7) is 0.781. The molecular weight excluding hydrogens is 316 g/mol. The summed E-state index contributed by atoms with van der Waals surface area (Å²) in [5, 5.41) is 0. The minimum atomic E-state index is 0.330. The predicted molar refractivity (Wildman–Crippen MR) is 99.4 cm³/mol. The molecule has 0 bridgehead atoms. The minimum Gasteiger partial charge on any atom is -0.493 e. The molecule has 3 heterocycles. The number of ether oxygens (including phenoxy) is 1. The molecule has 0 saturated carbocycles. The maximum absolute atomic E-state index is 5.63. The molecular formula is C20H16N2OS. The van der Waals surface area contributed by atoms with E-state index in [4.69, 9.17) is 4.74 Å². The Morgan fingerprint density at radius 1 is 1.21 bits per heavy atom. The molecule has 0 spiro atoms. The number of aromatic nitrogens is 1. The van der Waals surface area contributed by atoms with E-state index in [-0.39, 0.29) is 0 Å². The first-order valence-electron chi connectivity index (χ1n) is 8.20. The Bertz CT molecular complexity index is 914. The van der Waals surface area contributed by atoms with Crippen molar-refractivity contribution in [1.29, 1.82) is 0 Å². The topological polar surface area (TPSA) is 34.5 Å². The quantitative estimate of drug-likeness (QED) is 0.812. The standard InChI is InChI=1S/C20H16N2OS/c1-2-16(13-3-5-17-19(11-13)24-12-22-17)20(21-8-1)15-4-6-18-14(10-15)7-9-23-18/h1-4,6,8,10-12,17H,5,7,9H2. The maximum Gasteiger partial charge on any atom is 0.122 e. The second-order valence-corrected chi connectivity index (χ2v) is 7.07. The van der Waals surface area contributed by atoms with E-state index in [1.54, 1.807) is 11.8 Å². The van der Waals surface area contributed by atoms with Gasteiger partial charge in [-0.25, -0.2) is 0 Å². The van der Waals surface area contributed by atoms with Crippen LogP contribution in [-0.2, 0) is 6.42 Å². The first-order valence-corrected chi connectivity index (χ1v) is 9.08. The fraction of sp³-hybridized carbons (Fsp3) is 0.200. The fourth-order valence-corrected chi connectivity index (χ4v) is 4.30. The average Bonchev–Trinajstić information content (AvgIpc) is 3.29. The fourth-order valence-electron chi connectivity index (χ4n) is 3.46. The van der Waals surface area contributed by atoms with Crippen LogP contribution in [0.4, 0.5) is 0 Å². The van der Waals surface area contributed by atoms with Gasteiger partial charge in [-0.3, -0.25) is 9.98 Å². The summed E-state index contributed by atoms with van der Waals surface area (Å²) >= 11 is 1.73. The number of thioether (sulfide) groups is 1. The maximum atomic E-state index is 5.63. The van der Waals surface area contributed by atoms with Crippen LogP contribution in [0.15, 0.2) is 58.6 Å². The van der Waals surface area contributed by atoms with Gasteiger partial charge in [0.1, 0.15) is 5.75 Å². The van der Waals surface area contributed by atoms with Gasteiger partial charge in [0, 0.05) is 28.6 Å². The van der Waals surface area contributed by atoms with Gasteiger partial charge in [0.2, 0.25) is 0 Å². The van der Waals surface area contributed by atoms with Crippen LogP contribution in [0.1, 0.15) is 17.5 Å². The number of benzene rings is 1.